The van der Waals surface area contributed by atoms with E-state index < -0.39 is 0 Å². The first-order valence-electron chi connectivity index (χ1n) is 14.1. The average molecular weight is 521 g/mol. The molecule has 0 radical (unpaired) electrons. The summed E-state index contributed by atoms with van der Waals surface area (Å²) in [6.45, 7) is 0. The Balaban J connectivity index is 1.30. The minimum atomic E-state index is 1.01. The van der Waals surface area contributed by atoms with Gasteiger partial charge in [0.05, 0.1) is 16.6 Å². The van der Waals surface area contributed by atoms with Gasteiger partial charge in [-0.15, -0.1) is 0 Å². The van der Waals surface area contributed by atoms with E-state index in [2.05, 4.69) is 150 Å². The van der Waals surface area contributed by atoms with E-state index >= 15 is 0 Å². The number of hydrogen-bond donors (Lipinski definition) is 0. The fraction of sp³-hybridized carbons (Fsp3) is 0. The maximum atomic E-state index is 5.18. The standard InChI is InChI=1S/C39H24N2/c1-2-8-25(9-3-1)27-14-15-29-23-30(17-16-28(29)22-27)31-19-20-33-34-21-18-26-10-4-5-11-32(26)38(34)39-40-35-12-6-7-13-36(35)41(39)37(33)24-31/h1-24H. The molecule has 0 aliphatic carbocycles. The van der Waals surface area contributed by atoms with Crippen LogP contribution in [0.2, 0.25) is 0 Å². The topological polar surface area (TPSA) is 17.3 Å². The quantitative estimate of drug-likeness (QED) is 0.207. The van der Waals surface area contributed by atoms with Crippen LogP contribution in [0, 0.1) is 0 Å². The van der Waals surface area contributed by atoms with Crippen molar-refractivity contribution in [1.82, 2.24) is 9.38 Å². The number of para-hydroxylation sites is 2. The van der Waals surface area contributed by atoms with E-state index in [0.717, 1.165) is 16.7 Å². The van der Waals surface area contributed by atoms with Crippen molar-refractivity contribution in [2.45, 2.75) is 0 Å². The van der Waals surface area contributed by atoms with E-state index in [4.69, 9.17) is 4.98 Å². The van der Waals surface area contributed by atoms with Crippen molar-refractivity contribution in [2.24, 2.45) is 0 Å². The van der Waals surface area contributed by atoms with Crippen LogP contribution in [0.1, 0.15) is 0 Å². The maximum Gasteiger partial charge on any atom is 0.147 e. The molecule has 0 aliphatic rings. The molecule has 0 amide bonds. The molecule has 0 aliphatic heterocycles. The lowest BCUT2D eigenvalue weighted by atomic mass is 9.95. The molecule has 2 heteroatoms. The zero-order valence-corrected chi connectivity index (χ0v) is 22.3. The number of aromatic nitrogens is 2. The van der Waals surface area contributed by atoms with E-state index in [-0.39, 0.29) is 0 Å². The van der Waals surface area contributed by atoms with Crippen LogP contribution in [0.25, 0.3) is 82.2 Å². The molecule has 0 unspecified atom stereocenters. The molecule has 41 heavy (non-hydrogen) atoms. The van der Waals surface area contributed by atoms with Gasteiger partial charge in [-0.3, -0.25) is 4.40 Å². The third kappa shape index (κ3) is 3.34. The zero-order valence-electron chi connectivity index (χ0n) is 22.3. The predicted molar refractivity (Wildman–Crippen MR) is 174 cm³/mol. The SMILES string of the molecule is c1ccc(-c2ccc3cc(-c4ccc5c6ccc7ccccc7c6c6nc7ccccc7n6c5c4)ccc3c2)cc1. The molecule has 9 rings (SSSR count). The lowest BCUT2D eigenvalue weighted by Gasteiger charge is -2.13. The number of hydrogen-bond acceptors (Lipinski definition) is 1. The molecule has 0 fully saturated rings. The van der Waals surface area contributed by atoms with Crippen molar-refractivity contribution < 1.29 is 0 Å². The number of pyridine rings is 1. The van der Waals surface area contributed by atoms with E-state index in [9.17, 15) is 0 Å². The van der Waals surface area contributed by atoms with Crippen molar-refractivity contribution in [2.75, 3.05) is 0 Å². The first-order chi connectivity index (χ1) is 20.3. The summed E-state index contributed by atoms with van der Waals surface area (Å²) in [6.07, 6.45) is 0. The maximum absolute atomic E-state index is 5.18. The Labute approximate surface area is 236 Å². The molecule has 0 saturated heterocycles. The van der Waals surface area contributed by atoms with Crippen LogP contribution < -0.4 is 0 Å². The van der Waals surface area contributed by atoms with E-state index in [1.54, 1.807) is 0 Å². The minimum absolute atomic E-state index is 1.01. The molecule has 0 saturated carbocycles. The number of benzene rings is 7. The van der Waals surface area contributed by atoms with Crippen LogP contribution in [0.4, 0.5) is 0 Å². The summed E-state index contributed by atoms with van der Waals surface area (Å²) < 4.78 is 2.36. The van der Waals surface area contributed by atoms with Gasteiger partial charge in [-0.25, -0.2) is 4.98 Å². The Morgan fingerprint density at radius 3 is 1.88 bits per heavy atom. The lowest BCUT2D eigenvalue weighted by Crippen LogP contribution is -1.93. The highest BCUT2D eigenvalue weighted by atomic mass is 15.0. The molecule has 9 aromatic rings. The molecule has 2 aromatic heterocycles. The van der Waals surface area contributed by atoms with Gasteiger partial charge in [0.15, 0.2) is 0 Å². The van der Waals surface area contributed by atoms with Gasteiger partial charge in [-0.1, -0.05) is 115 Å². The Morgan fingerprint density at radius 2 is 1.02 bits per heavy atom. The number of nitrogens with zero attached hydrogens (tertiary/aromatic N) is 2. The largest absolute Gasteiger partial charge is 0.292 e. The van der Waals surface area contributed by atoms with Crippen molar-refractivity contribution in [3.05, 3.63) is 146 Å². The first-order valence-corrected chi connectivity index (χ1v) is 14.1. The molecule has 0 atom stereocenters. The van der Waals surface area contributed by atoms with Gasteiger partial charge in [0.2, 0.25) is 0 Å². The van der Waals surface area contributed by atoms with Crippen molar-refractivity contribution in [3.63, 3.8) is 0 Å². The van der Waals surface area contributed by atoms with Gasteiger partial charge in [-0.05, 0) is 79.5 Å². The predicted octanol–water partition coefficient (Wildman–Crippen LogP) is 10.4. The second-order valence-corrected chi connectivity index (χ2v) is 10.8. The monoisotopic (exact) mass is 520 g/mol. The molecule has 0 bridgehead atoms. The van der Waals surface area contributed by atoms with Gasteiger partial charge in [0, 0.05) is 10.8 Å². The summed E-state index contributed by atoms with van der Waals surface area (Å²) in [5, 5.41) is 8.64. The second-order valence-electron chi connectivity index (χ2n) is 10.8. The van der Waals surface area contributed by atoms with E-state index in [1.165, 1.54) is 65.5 Å². The summed E-state index contributed by atoms with van der Waals surface area (Å²) in [6, 6.07) is 52.6. The molecule has 0 N–H and O–H groups in total. The van der Waals surface area contributed by atoms with Crippen LogP contribution in [0.5, 0.6) is 0 Å². The Kier molecular flexibility index (Phi) is 4.64. The van der Waals surface area contributed by atoms with Gasteiger partial charge in [0.25, 0.3) is 0 Å². The van der Waals surface area contributed by atoms with Crippen LogP contribution in [0.3, 0.4) is 0 Å². The van der Waals surface area contributed by atoms with Crippen LogP contribution in [-0.2, 0) is 0 Å². The third-order valence-corrected chi connectivity index (χ3v) is 8.52. The van der Waals surface area contributed by atoms with E-state index in [1.807, 2.05) is 0 Å². The summed E-state index contributed by atoms with van der Waals surface area (Å²) in [7, 11) is 0. The Morgan fingerprint density at radius 1 is 0.390 bits per heavy atom. The Hall–Kier alpha value is -5.47. The van der Waals surface area contributed by atoms with Crippen molar-refractivity contribution in [1.29, 1.82) is 0 Å². The second kappa shape index (κ2) is 8.51. The molecule has 0 spiro atoms. The average Bonchev–Trinajstić information content (AvgIpc) is 3.44. The van der Waals surface area contributed by atoms with Crippen LogP contribution >= 0.6 is 0 Å². The third-order valence-electron chi connectivity index (χ3n) is 8.52. The van der Waals surface area contributed by atoms with Crippen molar-refractivity contribution >= 4 is 59.9 Å². The van der Waals surface area contributed by atoms with Gasteiger partial charge in [-0.2, -0.15) is 0 Å². The summed E-state index contributed by atoms with van der Waals surface area (Å²) in [5.41, 5.74) is 9.22. The number of fused-ring (bicyclic) bond motifs is 11. The molecule has 7 aromatic carbocycles. The summed E-state index contributed by atoms with van der Waals surface area (Å²) in [5.74, 6) is 0. The van der Waals surface area contributed by atoms with Gasteiger partial charge < -0.3 is 0 Å². The fourth-order valence-electron chi connectivity index (χ4n) is 6.53. The fourth-order valence-corrected chi connectivity index (χ4v) is 6.53. The summed E-state index contributed by atoms with van der Waals surface area (Å²) >= 11 is 0. The van der Waals surface area contributed by atoms with E-state index in [0.29, 0.717) is 0 Å². The molecule has 190 valence electrons. The zero-order chi connectivity index (χ0) is 26.9. The minimum Gasteiger partial charge on any atom is -0.292 e. The van der Waals surface area contributed by atoms with Crippen LogP contribution in [0.15, 0.2) is 146 Å². The first kappa shape index (κ1) is 22.4. The lowest BCUT2D eigenvalue weighted by molar-refractivity contribution is 1.32. The smallest absolute Gasteiger partial charge is 0.147 e. The summed E-state index contributed by atoms with van der Waals surface area (Å²) in [4.78, 5) is 5.18. The highest BCUT2D eigenvalue weighted by Crippen LogP contribution is 2.38. The van der Waals surface area contributed by atoms with Gasteiger partial charge in [0.1, 0.15) is 5.65 Å². The molecule has 2 nitrogen and oxygen atoms in total. The molecular weight excluding hydrogens is 496 g/mol. The molecular formula is C39H24N2. The highest BCUT2D eigenvalue weighted by molar-refractivity contribution is 6.23. The number of rotatable bonds is 2. The van der Waals surface area contributed by atoms with Crippen LogP contribution in [-0.4, -0.2) is 9.38 Å². The molecule has 2 heterocycles. The van der Waals surface area contributed by atoms with Gasteiger partial charge >= 0.3 is 0 Å². The highest BCUT2D eigenvalue weighted by Gasteiger charge is 2.16. The van der Waals surface area contributed by atoms with Crippen molar-refractivity contribution in [3.8, 4) is 22.3 Å². The number of imidazole rings is 1. The normalized spacial score (nSPS) is 11.9. The Bertz CT molecular complexity index is 2470.